The van der Waals surface area contributed by atoms with Gasteiger partial charge in [-0.2, -0.15) is 10.5 Å². The van der Waals surface area contributed by atoms with Crippen LogP contribution in [0.4, 0.5) is 0 Å². The topological polar surface area (TPSA) is 103 Å². The highest BCUT2D eigenvalue weighted by Gasteiger charge is 2.10. The van der Waals surface area contributed by atoms with E-state index in [-0.39, 0.29) is 11.3 Å². The van der Waals surface area contributed by atoms with Crippen LogP contribution in [0.5, 0.6) is 0 Å². The molecular weight excluding hydrogens is 276 g/mol. The van der Waals surface area contributed by atoms with Crippen LogP contribution in [0.3, 0.4) is 0 Å². The zero-order chi connectivity index (χ0) is 14.5. The monoisotopic (exact) mass is 284 g/mol. The van der Waals surface area contributed by atoms with Crippen molar-refractivity contribution < 1.29 is 9.90 Å². The van der Waals surface area contributed by atoms with Crippen LogP contribution in [0.2, 0.25) is 0 Å². The number of aliphatic carboxylic acids is 1. The van der Waals surface area contributed by atoms with Gasteiger partial charge in [-0.3, -0.25) is 9.36 Å². The van der Waals surface area contributed by atoms with Crippen molar-refractivity contribution in [3.05, 3.63) is 41.7 Å². The maximum atomic E-state index is 10.6. The Bertz CT molecular complexity index is 740. The SMILES string of the molecule is N#Cc1ccc(-n2ccnc2SCC(=O)O)cc1C#N. The third-order valence-electron chi connectivity index (χ3n) is 2.45. The van der Waals surface area contributed by atoms with Crippen molar-refractivity contribution in [2.24, 2.45) is 0 Å². The molecule has 0 amide bonds. The van der Waals surface area contributed by atoms with Gasteiger partial charge in [-0.15, -0.1) is 0 Å². The molecule has 0 spiro atoms. The molecule has 0 bridgehead atoms. The quantitative estimate of drug-likeness (QED) is 0.858. The summed E-state index contributed by atoms with van der Waals surface area (Å²) < 4.78 is 1.68. The van der Waals surface area contributed by atoms with E-state index in [1.54, 1.807) is 35.2 Å². The number of nitriles is 2. The largest absolute Gasteiger partial charge is 0.481 e. The second kappa shape index (κ2) is 5.91. The Hall–Kier alpha value is -2.77. The van der Waals surface area contributed by atoms with E-state index >= 15 is 0 Å². The third kappa shape index (κ3) is 2.79. The number of hydrogen-bond donors (Lipinski definition) is 1. The highest BCUT2D eigenvalue weighted by Crippen LogP contribution is 2.22. The van der Waals surface area contributed by atoms with Gasteiger partial charge in [0.25, 0.3) is 0 Å². The van der Waals surface area contributed by atoms with E-state index in [0.717, 1.165) is 11.8 Å². The van der Waals surface area contributed by atoms with Crippen LogP contribution in [-0.2, 0) is 4.79 Å². The van der Waals surface area contributed by atoms with Gasteiger partial charge in [-0.25, -0.2) is 4.98 Å². The number of aromatic nitrogens is 2. The standard InChI is InChI=1S/C13H8N4O2S/c14-6-9-1-2-11(5-10(9)7-15)17-4-3-16-13(17)20-8-12(18)19/h1-5H,8H2,(H,18,19). The molecule has 1 aromatic carbocycles. The highest BCUT2D eigenvalue weighted by atomic mass is 32.2. The minimum Gasteiger partial charge on any atom is -0.481 e. The van der Waals surface area contributed by atoms with Crippen LogP contribution in [0.15, 0.2) is 35.7 Å². The fraction of sp³-hybridized carbons (Fsp3) is 0.0769. The Morgan fingerprint density at radius 3 is 2.75 bits per heavy atom. The van der Waals surface area contributed by atoms with Crippen LogP contribution in [-0.4, -0.2) is 26.4 Å². The molecule has 0 radical (unpaired) electrons. The number of benzene rings is 1. The fourth-order valence-electron chi connectivity index (χ4n) is 1.59. The lowest BCUT2D eigenvalue weighted by Crippen LogP contribution is -2.01. The molecule has 1 aromatic heterocycles. The van der Waals surface area contributed by atoms with Gasteiger partial charge in [0.1, 0.15) is 12.1 Å². The molecule has 1 heterocycles. The summed E-state index contributed by atoms with van der Waals surface area (Å²) >= 11 is 1.08. The Balaban J connectivity index is 2.38. The Kier molecular flexibility index (Phi) is 4.04. The second-order valence-electron chi connectivity index (χ2n) is 3.72. The van der Waals surface area contributed by atoms with Gasteiger partial charge in [-0.05, 0) is 18.2 Å². The third-order valence-corrected chi connectivity index (χ3v) is 3.41. The summed E-state index contributed by atoms with van der Waals surface area (Å²) in [7, 11) is 0. The van der Waals surface area contributed by atoms with Crippen LogP contribution in [0, 0.1) is 22.7 Å². The molecule has 0 atom stereocenters. The van der Waals surface area contributed by atoms with Gasteiger partial charge >= 0.3 is 5.97 Å². The molecule has 0 saturated carbocycles. The number of carboxylic acid groups (broad SMARTS) is 1. The van der Waals surface area contributed by atoms with Gasteiger partial charge in [0.15, 0.2) is 5.16 Å². The number of carboxylic acids is 1. The molecule has 7 heteroatoms. The zero-order valence-electron chi connectivity index (χ0n) is 10.1. The van der Waals surface area contributed by atoms with Gasteiger partial charge in [0.05, 0.1) is 16.9 Å². The number of imidazole rings is 1. The summed E-state index contributed by atoms with van der Waals surface area (Å²) in [5, 5.41) is 27.1. The predicted octanol–water partition coefficient (Wildman–Crippen LogP) is 1.79. The highest BCUT2D eigenvalue weighted by molar-refractivity contribution is 7.99. The van der Waals surface area contributed by atoms with Gasteiger partial charge in [0.2, 0.25) is 0 Å². The van der Waals surface area contributed by atoms with Crippen LogP contribution >= 0.6 is 11.8 Å². The Labute approximate surface area is 118 Å². The molecule has 98 valence electrons. The van der Waals surface area contributed by atoms with Crippen LogP contribution < -0.4 is 0 Å². The average molecular weight is 284 g/mol. The van der Waals surface area contributed by atoms with E-state index < -0.39 is 5.97 Å². The number of carbonyl (C=O) groups is 1. The van der Waals surface area contributed by atoms with Gasteiger partial charge in [-0.1, -0.05) is 11.8 Å². The second-order valence-corrected chi connectivity index (χ2v) is 4.66. The van der Waals surface area contributed by atoms with Crippen molar-refractivity contribution in [2.45, 2.75) is 5.16 Å². The molecule has 0 saturated heterocycles. The fourth-order valence-corrected chi connectivity index (χ4v) is 2.28. The first-order valence-electron chi connectivity index (χ1n) is 5.48. The number of rotatable bonds is 4. The molecule has 1 N–H and O–H groups in total. The van der Waals surface area contributed by atoms with E-state index in [0.29, 0.717) is 16.4 Å². The molecule has 2 rings (SSSR count). The first kappa shape index (κ1) is 13.7. The Morgan fingerprint density at radius 1 is 1.35 bits per heavy atom. The lowest BCUT2D eigenvalue weighted by atomic mass is 10.1. The van der Waals surface area contributed by atoms with Crippen molar-refractivity contribution in [1.82, 2.24) is 9.55 Å². The van der Waals surface area contributed by atoms with Gasteiger partial charge in [0, 0.05) is 18.1 Å². The smallest absolute Gasteiger partial charge is 0.313 e. The van der Waals surface area contributed by atoms with Crippen molar-refractivity contribution in [1.29, 1.82) is 10.5 Å². The van der Waals surface area contributed by atoms with Crippen molar-refractivity contribution in [3.63, 3.8) is 0 Å². The number of hydrogen-bond acceptors (Lipinski definition) is 5. The maximum absolute atomic E-state index is 10.6. The maximum Gasteiger partial charge on any atom is 0.313 e. The minimum atomic E-state index is -0.929. The normalized spacial score (nSPS) is 9.70. The Morgan fingerprint density at radius 2 is 2.10 bits per heavy atom. The summed E-state index contributed by atoms with van der Waals surface area (Å²) in [6, 6.07) is 8.72. The van der Waals surface area contributed by atoms with Crippen molar-refractivity contribution in [2.75, 3.05) is 5.75 Å². The van der Waals surface area contributed by atoms with E-state index in [1.165, 1.54) is 0 Å². The molecule has 0 aliphatic carbocycles. The summed E-state index contributed by atoms with van der Waals surface area (Å²) in [5.41, 5.74) is 1.23. The van der Waals surface area contributed by atoms with E-state index in [9.17, 15) is 4.79 Å². The molecular formula is C13H8N4O2S. The summed E-state index contributed by atoms with van der Waals surface area (Å²) in [4.78, 5) is 14.7. The lowest BCUT2D eigenvalue weighted by molar-refractivity contribution is -0.133. The van der Waals surface area contributed by atoms with Gasteiger partial charge < -0.3 is 5.11 Å². The first-order valence-corrected chi connectivity index (χ1v) is 6.47. The molecule has 0 aliphatic rings. The molecule has 2 aromatic rings. The number of thioether (sulfide) groups is 1. The molecule has 0 unspecified atom stereocenters. The summed E-state index contributed by atoms with van der Waals surface area (Å²) in [6.07, 6.45) is 3.22. The molecule has 0 fully saturated rings. The van der Waals surface area contributed by atoms with E-state index in [4.69, 9.17) is 15.6 Å². The minimum absolute atomic E-state index is 0.0988. The molecule has 20 heavy (non-hydrogen) atoms. The number of nitrogens with zero attached hydrogens (tertiary/aromatic N) is 4. The van der Waals surface area contributed by atoms with Crippen molar-refractivity contribution >= 4 is 17.7 Å². The first-order chi connectivity index (χ1) is 9.65. The van der Waals surface area contributed by atoms with Crippen molar-refractivity contribution in [3.8, 4) is 17.8 Å². The van der Waals surface area contributed by atoms with E-state index in [2.05, 4.69) is 4.98 Å². The lowest BCUT2D eigenvalue weighted by Gasteiger charge is -2.07. The molecule has 6 nitrogen and oxygen atoms in total. The predicted molar refractivity (Wildman–Crippen MR) is 71.4 cm³/mol. The summed E-state index contributed by atoms with van der Waals surface area (Å²) in [6.45, 7) is 0. The van der Waals surface area contributed by atoms with E-state index in [1.807, 2.05) is 12.1 Å². The van der Waals surface area contributed by atoms with Crippen LogP contribution in [0.1, 0.15) is 11.1 Å². The summed E-state index contributed by atoms with van der Waals surface area (Å²) in [5.74, 6) is -1.03. The average Bonchev–Trinajstić information content (AvgIpc) is 2.92. The molecule has 0 aliphatic heterocycles. The van der Waals surface area contributed by atoms with Crippen LogP contribution in [0.25, 0.3) is 5.69 Å². The zero-order valence-corrected chi connectivity index (χ0v) is 11.0.